The highest BCUT2D eigenvalue weighted by Crippen LogP contribution is 2.30. The van der Waals surface area contributed by atoms with Crippen molar-refractivity contribution < 1.29 is 14.1 Å². The number of aryl methyl sites for hydroxylation is 1. The molecule has 1 aromatic heterocycles. The van der Waals surface area contributed by atoms with Gasteiger partial charge in [0.25, 0.3) is 5.91 Å². The molecule has 3 rings (SSSR count). The van der Waals surface area contributed by atoms with E-state index in [0.717, 1.165) is 11.5 Å². The predicted octanol–water partition coefficient (Wildman–Crippen LogP) is 3.62. The molecule has 1 fully saturated rings. The SMILES string of the molecule is CO[C@H]1CN(C(=O)c2c(Cl)cccc2Cl)C[C@H]1Cc1cc(C)no1. The number of hydrogen-bond donors (Lipinski definition) is 0. The number of benzene rings is 1. The molecule has 0 saturated carbocycles. The summed E-state index contributed by atoms with van der Waals surface area (Å²) in [5, 5.41) is 4.62. The van der Waals surface area contributed by atoms with Gasteiger partial charge in [0, 0.05) is 38.6 Å². The molecule has 0 bridgehead atoms. The van der Waals surface area contributed by atoms with Crippen LogP contribution in [-0.2, 0) is 11.2 Å². The summed E-state index contributed by atoms with van der Waals surface area (Å²) in [4.78, 5) is 14.5. The van der Waals surface area contributed by atoms with Gasteiger partial charge in [0.05, 0.1) is 27.4 Å². The van der Waals surface area contributed by atoms with Crippen molar-refractivity contribution in [3.8, 4) is 0 Å². The molecule has 1 aliphatic rings. The van der Waals surface area contributed by atoms with Crippen molar-refractivity contribution in [1.29, 1.82) is 0 Å². The van der Waals surface area contributed by atoms with Gasteiger partial charge in [-0.3, -0.25) is 4.79 Å². The quantitative estimate of drug-likeness (QED) is 0.826. The van der Waals surface area contributed by atoms with Crippen LogP contribution in [0, 0.1) is 12.8 Å². The van der Waals surface area contributed by atoms with Crippen molar-refractivity contribution in [2.45, 2.75) is 19.4 Å². The molecule has 0 spiro atoms. The summed E-state index contributed by atoms with van der Waals surface area (Å²) >= 11 is 12.3. The third-order valence-electron chi connectivity index (χ3n) is 4.29. The number of nitrogens with zero attached hydrogens (tertiary/aromatic N) is 2. The molecule has 0 N–H and O–H groups in total. The van der Waals surface area contributed by atoms with Gasteiger partial charge in [-0.1, -0.05) is 34.4 Å². The summed E-state index contributed by atoms with van der Waals surface area (Å²) in [7, 11) is 1.65. The van der Waals surface area contributed by atoms with E-state index < -0.39 is 0 Å². The first-order valence-corrected chi connectivity index (χ1v) is 8.43. The van der Waals surface area contributed by atoms with Gasteiger partial charge in [-0.05, 0) is 19.1 Å². The topological polar surface area (TPSA) is 55.6 Å². The van der Waals surface area contributed by atoms with E-state index in [1.54, 1.807) is 30.2 Å². The Morgan fingerprint density at radius 2 is 2.08 bits per heavy atom. The number of methoxy groups -OCH3 is 1. The van der Waals surface area contributed by atoms with Crippen molar-refractivity contribution in [2.24, 2.45) is 5.92 Å². The first-order valence-electron chi connectivity index (χ1n) is 7.68. The maximum absolute atomic E-state index is 12.8. The average Bonchev–Trinajstić information content (AvgIpc) is 3.13. The Labute approximate surface area is 150 Å². The maximum atomic E-state index is 12.8. The van der Waals surface area contributed by atoms with Crippen molar-refractivity contribution >= 4 is 29.1 Å². The minimum Gasteiger partial charge on any atom is -0.379 e. The Kier molecular flexibility index (Phi) is 5.13. The van der Waals surface area contributed by atoms with Crippen LogP contribution in [0.5, 0.6) is 0 Å². The first-order chi connectivity index (χ1) is 11.5. The van der Waals surface area contributed by atoms with Crippen LogP contribution in [-0.4, -0.2) is 42.3 Å². The molecule has 7 heteroatoms. The zero-order chi connectivity index (χ0) is 17.3. The molecular formula is C17H18Cl2N2O3. The van der Waals surface area contributed by atoms with Crippen molar-refractivity contribution in [2.75, 3.05) is 20.2 Å². The molecule has 0 unspecified atom stereocenters. The van der Waals surface area contributed by atoms with Gasteiger partial charge in [0.15, 0.2) is 0 Å². The standard InChI is InChI=1S/C17H18Cl2N2O3/c1-10-6-12(24-20-10)7-11-8-21(9-15(11)23-2)17(22)16-13(18)4-3-5-14(16)19/h3-6,11,15H,7-9H2,1-2H3/t11-,15+/m1/s1. The fraction of sp³-hybridized carbons (Fsp3) is 0.412. The van der Waals surface area contributed by atoms with Gasteiger partial charge in [-0.15, -0.1) is 0 Å². The highest BCUT2D eigenvalue weighted by Gasteiger charge is 2.37. The average molecular weight is 369 g/mol. The molecule has 1 aromatic carbocycles. The van der Waals surface area contributed by atoms with Crippen molar-refractivity contribution in [1.82, 2.24) is 10.1 Å². The highest BCUT2D eigenvalue weighted by molar-refractivity contribution is 6.39. The Balaban J connectivity index is 1.77. The molecule has 128 valence electrons. The molecule has 2 heterocycles. The molecule has 2 atom stereocenters. The number of halogens is 2. The molecule has 1 amide bonds. The molecule has 24 heavy (non-hydrogen) atoms. The zero-order valence-electron chi connectivity index (χ0n) is 13.5. The summed E-state index contributed by atoms with van der Waals surface area (Å²) < 4.78 is 10.8. The van der Waals surface area contributed by atoms with E-state index in [4.69, 9.17) is 32.5 Å². The van der Waals surface area contributed by atoms with Gasteiger partial charge in [0.2, 0.25) is 0 Å². The molecule has 5 nitrogen and oxygen atoms in total. The fourth-order valence-electron chi connectivity index (χ4n) is 3.10. The number of carbonyl (C=O) groups is 1. The molecule has 0 aliphatic carbocycles. The Bertz CT molecular complexity index is 727. The van der Waals surface area contributed by atoms with Crippen LogP contribution in [0.1, 0.15) is 21.8 Å². The minimum absolute atomic E-state index is 0.0689. The highest BCUT2D eigenvalue weighted by atomic mass is 35.5. The lowest BCUT2D eigenvalue weighted by Crippen LogP contribution is -2.30. The van der Waals surface area contributed by atoms with Crippen LogP contribution in [0.25, 0.3) is 0 Å². The van der Waals surface area contributed by atoms with Crippen LogP contribution in [0.4, 0.5) is 0 Å². The lowest BCUT2D eigenvalue weighted by molar-refractivity contribution is 0.0672. The summed E-state index contributed by atoms with van der Waals surface area (Å²) in [6.45, 7) is 2.93. The molecule has 1 saturated heterocycles. The summed E-state index contributed by atoms with van der Waals surface area (Å²) in [6.07, 6.45) is 0.597. The van der Waals surface area contributed by atoms with Gasteiger partial charge < -0.3 is 14.2 Å². The van der Waals surface area contributed by atoms with Crippen molar-refractivity contribution in [3.63, 3.8) is 0 Å². The van der Waals surface area contributed by atoms with Gasteiger partial charge in [-0.2, -0.15) is 0 Å². The number of hydrogen-bond acceptors (Lipinski definition) is 4. The summed E-state index contributed by atoms with van der Waals surface area (Å²) in [5.74, 6) is 0.751. The second-order valence-electron chi connectivity index (χ2n) is 5.98. The Hall–Kier alpha value is -1.56. The molecular weight excluding hydrogens is 351 g/mol. The van der Waals surface area contributed by atoms with E-state index in [2.05, 4.69) is 5.16 Å². The predicted molar refractivity (Wildman–Crippen MR) is 91.6 cm³/mol. The Morgan fingerprint density at radius 3 is 2.67 bits per heavy atom. The number of carbonyl (C=O) groups excluding carboxylic acids is 1. The first kappa shape index (κ1) is 17.3. The molecule has 2 aromatic rings. The van der Waals surface area contributed by atoms with Crippen LogP contribution in [0.15, 0.2) is 28.8 Å². The summed E-state index contributed by atoms with van der Waals surface area (Å²) in [6, 6.07) is 6.96. The lowest BCUT2D eigenvalue weighted by Gasteiger charge is -2.17. The molecule has 0 radical (unpaired) electrons. The lowest BCUT2D eigenvalue weighted by atomic mass is 10.0. The maximum Gasteiger partial charge on any atom is 0.256 e. The van der Waals surface area contributed by atoms with Crippen LogP contribution < -0.4 is 0 Å². The van der Waals surface area contributed by atoms with E-state index in [0.29, 0.717) is 35.1 Å². The van der Waals surface area contributed by atoms with E-state index in [-0.39, 0.29) is 17.9 Å². The van der Waals surface area contributed by atoms with Gasteiger partial charge in [0.1, 0.15) is 5.76 Å². The summed E-state index contributed by atoms with van der Waals surface area (Å²) in [5.41, 5.74) is 1.18. The van der Waals surface area contributed by atoms with E-state index in [1.807, 2.05) is 13.0 Å². The second-order valence-corrected chi connectivity index (χ2v) is 6.79. The number of amides is 1. The monoisotopic (exact) mass is 368 g/mol. The van der Waals surface area contributed by atoms with Gasteiger partial charge in [-0.25, -0.2) is 0 Å². The zero-order valence-corrected chi connectivity index (χ0v) is 15.0. The number of likely N-dealkylation sites (tertiary alicyclic amines) is 1. The van der Waals surface area contributed by atoms with E-state index >= 15 is 0 Å². The van der Waals surface area contributed by atoms with Gasteiger partial charge >= 0.3 is 0 Å². The fourth-order valence-corrected chi connectivity index (χ4v) is 3.66. The van der Waals surface area contributed by atoms with Crippen molar-refractivity contribution in [3.05, 3.63) is 51.3 Å². The van der Waals surface area contributed by atoms with Crippen LogP contribution in [0.3, 0.4) is 0 Å². The molecule has 1 aliphatic heterocycles. The third-order valence-corrected chi connectivity index (χ3v) is 4.92. The minimum atomic E-state index is -0.177. The Morgan fingerprint density at radius 1 is 1.38 bits per heavy atom. The van der Waals surface area contributed by atoms with Crippen LogP contribution in [0.2, 0.25) is 10.0 Å². The smallest absolute Gasteiger partial charge is 0.256 e. The number of ether oxygens (including phenoxy) is 1. The second kappa shape index (κ2) is 7.13. The normalized spacial score (nSPS) is 20.6. The third kappa shape index (κ3) is 3.43. The van der Waals surface area contributed by atoms with E-state index in [1.165, 1.54) is 0 Å². The number of aromatic nitrogens is 1. The number of rotatable bonds is 4. The largest absolute Gasteiger partial charge is 0.379 e. The van der Waals surface area contributed by atoms with Crippen LogP contribution >= 0.6 is 23.2 Å². The van der Waals surface area contributed by atoms with E-state index in [9.17, 15) is 4.79 Å².